The normalized spacial score (nSPS) is 17.4. The van der Waals surface area contributed by atoms with Crippen molar-refractivity contribution in [2.45, 2.75) is 123 Å². The number of anilines is 2. The van der Waals surface area contributed by atoms with Gasteiger partial charge in [-0.25, -0.2) is 0 Å². The van der Waals surface area contributed by atoms with Gasteiger partial charge >= 0.3 is 6.85 Å². The number of fused-ring (bicyclic) bond motifs is 16. The maximum absolute atomic E-state index is 6.87. The van der Waals surface area contributed by atoms with Gasteiger partial charge in [0.25, 0.3) is 0 Å². The van der Waals surface area contributed by atoms with Gasteiger partial charge in [0, 0.05) is 44.2 Å². The van der Waals surface area contributed by atoms with E-state index in [2.05, 4.69) is 208 Å². The highest BCUT2D eigenvalue weighted by atomic mass is 16.3. The van der Waals surface area contributed by atoms with Crippen molar-refractivity contribution in [3.63, 3.8) is 0 Å². The Labute approximate surface area is 384 Å². The van der Waals surface area contributed by atoms with Crippen LogP contribution in [-0.4, -0.2) is 11.4 Å². The van der Waals surface area contributed by atoms with E-state index in [0.29, 0.717) is 0 Å². The predicted molar refractivity (Wildman–Crippen MR) is 277 cm³/mol. The minimum absolute atomic E-state index is 0.0337. The van der Waals surface area contributed by atoms with E-state index in [1.165, 1.54) is 124 Å². The van der Waals surface area contributed by atoms with Crippen molar-refractivity contribution in [3.05, 3.63) is 149 Å². The first kappa shape index (κ1) is 39.4. The fourth-order valence-corrected chi connectivity index (χ4v) is 12.8. The van der Waals surface area contributed by atoms with E-state index in [1.54, 1.807) is 0 Å². The molecule has 0 saturated heterocycles. The molecule has 65 heavy (non-hydrogen) atoms. The molecule has 0 spiro atoms. The lowest BCUT2D eigenvalue weighted by Gasteiger charge is -2.43. The van der Waals surface area contributed by atoms with Crippen LogP contribution < -0.4 is 15.7 Å². The highest BCUT2D eigenvalue weighted by molar-refractivity contribution is 6.93. The number of furan rings is 1. The van der Waals surface area contributed by atoms with Crippen LogP contribution in [0.25, 0.3) is 71.7 Å². The number of rotatable bonds is 1. The maximum Gasteiger partial charge on any atom is 0.333 e. The molecule has 4 heterocycles. The third kappa shape index (κ3) is 5.09. The number of benzene rings is 7. The molecule has 0 atom stereocenters. The van der Waals surface area contributed by atoms with Crippen LogP contribution in [0.5, 0.6) is 0 Å². The lowest BCUT2D eigenvalue weighted by molar-refractivity contribution is 0.331. The topological polar surface area (TPSA) is 21.3 Å². The largest absolute Gasteiger partial charge is 0.455 e. The molecule has 2 aliphatic heterocycles. The predicted octanol–water partition coefficient (Wildman–Crippen LogP) is 15.2. The molecule has 0 fully saturated rings. The summed E-state index contributed by atoms with van der Waals surface area (Å²) in [6.45, 7) is 28.7. The first-order valence-corrected chi connectivity index (χ1v) is 24.1. The minimum Gasteiger partial charge on any atom is -0.455 e. The van der Waals surface area contributed by atoms with Crippen molar-refractivity contribution < 1.29 is 4.42 Å². The van der Waals surface area contributed by atoms with Crippen LogP contribution in [0, 0.1) is 0 Å². The van der Waals surface area contributed by atoms with Crippen LogP contribution in [0.1, 0.15) is 129 Å². The summed E-state index contributed by atoms with van der Waals surface area (Å²) in [7, 11) is 0. The monoisotopic (exact) mass is 846 g/mol. The molecule has 4 aliphatic rings. The quantitative estimate of drug-likeness (QED) is 0.154. The van der Waals surface area contributed by atoms with Crippen molar-refractivity contribution in [2.75, 3.05) is 4.81 Å². The third-order valence-corrected chi connectivity index (χ3v) is 16.8. The van der Waals surface area contributed by atoms with Crippen molar-refractivity contribution in [2.24, 2.45) is 0 Å². The summed E-state index contributed by atoms with van der Waals surface area (Å²) < 4.78 is 9.46. The van der Waals surface area contributed by atoms with Gasteiger partial charge < -0.3 is 13.8 Å². The first-order valence-electron chi connectivity index (χ1n) is 24.1. The molecule has 4 heteroatoms. The van der Waals surface area contributed by atoms with E-state index in [1.807, 2.05) is 0 Å². The SMILES string of the molecule is CC(C)(C)c1ccc(N2B3c4cc(C(C)(C)C)ccc4-n4c5ccc6c7ccccc7oc6c5c5ccc(c3c54)-c3cc4c(cc32)C(C)(C)c2cc3c(cc2-4)C(C)(C)CCC3(C)C)cc1. The van der Waals surface area contributed by atoms with E-state index in [4.69, 9.17) is 4.42 Å². The Morgan fingerprint density at radius 2 is 1.18 bits per heavy atom. The van der Waals surface area contributed by atoms with Crippen molar-refractivity contribution in [1.29, 1.82) is 0 Å². The van der Waals surface area contributed by atoms with Gasteiger partial charge in [-0.1, -0.05) is 144 Å². The Morgan fingerprint density at radius 3 is 1.91 bits per heavy atom. The van der Waals surface area contributed by atoms with Crippen molar-refractivity contribution in [3.8, 4) is 27.9 Å². The highest BCUT2D eigenvalue weighted by Gasteiger charge is 2.48. The molecule has 9 aromatic rings. The smallest absolute Gasteiger partial charge is 0.333 e. The van der Waals surface area contributed by atoms with E-state index >= 15 is 0 Å². The Balaban J connectivity index is 1.17. The van der Waals surface area contributed by atoms with Gasteiger partial charge in [0.05, 0.1) is 16.4 Å². The third-order valence-electron chi connectivity index (χ3n) is 16.8. The van der Waals surface area contributed by atoms with Gasteiger partial charge in [0.1, 0.15) is 11.2 Å². The summed E-state index contributed by atoms with van der Waals surface area (Å²) in [5, 5.41) is 4.76. The maximum atomic E-state index is 6.87. The molecule has 0 N–H and O–H groups in total. The lowest BCUT2D eigenvalue weighted by Crippen LogP contribution is -2.60. The Hall–Kier alpha value is -6.00. The summed E-state index contributed by atoms with van der Waals surface area (Å²) >= 11 is 0. The van der Waals surface area contributed by atoms with Crippen LogP contribution in [-0.2, 0) is 27.1 Å². The van der Waals surface area contributed by atoms with E-state index in [-0.39, 0.29) is 33.9 Å². The molecular formula is C61H59BN2O. The Morgan fingerprint density at radius 1 is 0.538 bits per heavy atom. The minimum atomic E-state index is -0.174. The van der Waals surface area contributed by atoms with E-state index in [0.717, 1.165) is 16.6 Å². The fraction of sp³-hybridized carbons (Fsp3) is 0.311. The molecule has 2 aromatic heterocycles. The average Bonchev–Trinajstić information content (AvgIpc) is 3.88. The number of aromatic nitrogens is 1. The molecule has 3 nitrogen and oxygen atoms in total. The number of para-hydroxylation sites is 1. The van der Waals surface area contributed by atoms with Gasteiger partial charge in [-0.3, -0.25) is 0 Å². The van der Waals surface area contributed by atoms with Crippen LogP contribution in [0.4, 0.5) is 11.4 Å². The summed E-state index contributed by atoms with van der Waals surface area (Å²) in [5.41, 5.74) is 25.0. The van der Waals surface area contributed by atoms with Gasteiger partial charge in [-0.15, -0.1) is 0 Å². The zero-order chi connectivity index (χ0) is 45.1. The van der Waals surface area contributed by atoms with Gasteiger partial charge in [0.15, 0.2) is 0 Å². The summed E-state index contributed by atoms with van der Waals surface area (Å²) in [6, 6.07) is 45.3. The second-order valence-corrected chi connectivity index (χ2v) is 24.0. The molecule has 7 aromatic carbocycles. The second-order valence-electron chi connectivity index (χ2n) is 24.0. The van der Waals surface area contributed by atoms with Crippen molar-refractivity contribution in [1.82, 2.24) is 4.57 Å². The van der Waals surface area contributed by atoms with E-state index in [9.17, 15) is 0 Å². The van der Waals surface area contributed by atoms with Crippen LogP contribution in [0.3, 0.4) is 0 Å². The zero-order valence-electron chi connectivity index (χ0n) is 40.3. The fourth-order valence-electron chi connectivity index (χ4n) is 12.8. The summed E-state index contributed by atoms with van der Waals surface area (Å²) in [6.07, 6.45) is 2.41. The molecular weight excluding hydrogens is 787 g/mol. The van der Waals surface area contributed by atoms with E-state index < -0.39 is 0 Å². The molecule has 0 radical (unpaired) electrons. The molecule has 0 bridgehead atoms. The molecule has 13 rings (SSSR count). The van der Waals surface area contributed by atoms with Crippen molar-refractivity contribution >= 4 is 72.9 Å². The molecule has 0 unspecified atom stereocenters. The lowest BCUT2D eigenvalue weighted by atomic mass is 9.43. The second kappa shape index (κ2) is 12.3. The summed E-state index contributed by atoms with van der Waals surface area (Å²) in [4.78, 5) is 2.73. The Bertz CT molecular complexity index is 3600. The molecule has 0 saturated carbocycles. The van der Waals surface area contributed by atoms with Gasteiger partial charge in [-0.2, -0.15) is 0 Å². The van der Waals surface area contributed by atoms with Gasteiger partial charge in [0.2, 0.25) is 0 Å². The number of hydrogen-bond donors (Lipinski definition) is 0. The van der Waals surface area contributed by atoms with Crippen LogP contribution in [0.15, 0.2) is 120 Å². The van der Waals surface area contributed by atoms with Crippen LogP contribution in [0.2, 0.25) is 0 Å². The van der Waals surface area contributed by atoms with Gasteiger partial charge in [-0.05, 0) is 150 Å². The zero-order valence-corrected chi connectivity index (χ0v) is 40.3. The molecule has 0 amide bonds. The number of hydrogen-bond acceptors (Lipinski definition) is 2. The average molecular weight is 847 g/mol. The molecule has 322 valence electrons. The first-order chi connectivity index (χ1) is 30.7. The van der Waals surface area contributed by atoms with Crippen LogP contribution >= 0.6 is 0 Å². The number of nitrogens with zero attached hydrogens (tertiary/aromatic N) is 2. The summed E-state index contributed by atoms with van der Waals surface area (Å²) in [5.74, 6) is 0. The standard InChI is InChI=1S/C61H59BN2O/c1-57(2,3)34-17-20-36(21-18-34)64-51-33-45-41(42-31-46-47(32-44(42)61(45,11)12)60(9,10)28-27-59(46,7)8)30-43(51)38-22-23-40-53-50(26-24-39-37-15-13-14-16-52(37)65-56(39)53)63-49-25-19-35(58(4,5)6)29-48(49)62(64)54(38)55(40)63/h13-26,29-33H,27-28H2,1-12H3. The molecule has 2 aliphatic carbocycles. The highest BCUT2D eigenvalue weighted by Crippen LogP contribution is 2.58. The Kier molecular flexibility index (Phi) is 7.43.